The van der Waals surface area contributed by atoms with Crippen molar-refractivity contribution in [2.75, 3.05) is 7.11 Å². The van der Waals surface area contributed by atoms with Gasteiger partial charge >= 0.3 is 11.0 Å². The van der Waals surface area contributed by atoms with Crippen LogP contribution in [-0.2, 0) is 10.3 Å². The normalized spacial score (nSPS) is 12.9. The molecule has 1 unspecified atom stereocenters. The number of thiophene rings is 1. The van der Waals surface area contributed by atoms with Crippen LogP contribution in [0.5, 0.6) is 5.75 Å². The highest BCUT2D eigenvalue weighted by Gasteiger charge is 2.33. The van der Waals surface area contributed by atoms with Crippen LogP contribution >= 0.6 is 11.3 Å². The standard InChI is InChI=1S/C16H16N2O6S/c1-16(9-14(19)20,10-4-3-5-11(8-10)24-2)17-15(21)12-6-7-13(25-12)18(22)23/h3-8H,9H2,1-2H3,(H,17,21)(H,19,20). The summed E-state index contributed by atoms with van der Waals surface area (Å²) < 4.78 is 5.14. The lowest BCUT2D eigenvalue weighted by atomic mass is 9.88. The molecule has 0 saturated heterocycles. The molecule has 0 spiro atoms. The van der Waals surface area contributed by atoms with E-state index in [1.165, 1.54) is 19.2 Å². The second-order valence-corrected chi connectivity index (χ2v) is 6.55. The number of carboxylic acids is 1. The van der Waals surface area contributed by atoms with Crippen molar-refractivity contribution in [3.05, 3.63) is 57.0 Å². The first-order valence-corrected chi connectivity index (χ1v) is 8.00. The molecule has 0 radical (unpaired) electrons. The molecule has 2 rings (SSSR count). The number of nitrogens with zero attached hydrogens (tertiary/aromatic N) is 1. The van der Waals surface area contributed by atoms with Gasteiger partial charge in [-0.15, -0.1) is 0 Å². The van der Waals surface area contributed by atoms with Gasteiger partial charge in [-0.3, -0.25) is 19.7 Å². The molecule has 1 atom stereocenters. The highest BCUT2D eigenvalue weighted by atomic mass is 32.1. The molecular formula is C16H16N2O6S. The van der Waals surface area contributed by atoms with E-state index in [1.807, 2.05) is 0 Å². The average Bonchev–Trinajstić information content (AvgIpc) is 3.04. The Morgan fingerprint density at radius 1 is 1.36 bits per heavy atom. The molecule has 0 aliphatic carbocycles. The van der Waals surface area contributed by atoms with Gasteiger partial charge in [-0.1, -0.05) is 23.5 Å². The smallest absolute Gasteiger partial charge is 0.324 e. The van der Waals surface area contributed by atoms with Gasteiger partial charge in [-0.25, -0.2) is 0 Å². The molecule has 9 heteroatoms. The summed E-state index contributed by atoms with van der Waals surface area (Å²) in [6.07, 6.45) is -0.362. The van der Waals surface area contributed by atoms with Crippen molar-refractivity contribution in [3.8, 4) is 5.75 Å². The quantitative estimate of drug-likeness (QED) is 0.576. The van der Waals surface area contributed by atoms with Gasteiger partial charge in [-0.2, -0.15) is 0 Å². The van der Waals surface area contributed by atoms with Crippen LogP contribution in [0.4, 0.5) is 5.00 Å². The van der Waals surface area contributed by atoms with Crippen molar-refractivity contribution in [3.63, 3.8) is 0 Å². The zero-order valence-corrected chi connectivity index (χ0v) is 14.3. The first-order chi connectivity index (χ1) is 11.7. The highest BCUT2D eigenvalue weighted by Crippen LogP contribution is 2.30. The predicted octanol–water partition coefficient (Wildman–Crippen LogP) is 2.78. The van der Waals surface area contributed by atoms with Gasteiger partial charge in [0.15, 0.2) is 0 Å². The predicted molar refractivity (Wildman–Crippen MR) is 91.0 cm³/mol. The van der Waals surface area contributed by atoms with Crippen molar-refractivity contribution < 1.29 is 24.4 Å². The molecule has 1 aromatic heterocycles. The van der Waals surface area contributed by atoms with Crippen LogP contribution in [0.1, 0.15) is 28.6 Å². The first-order valence-electron chi connectivity index (χ1n) is 7.18. The number of aliphatic carboxylic acids is 1. The fourth-order valence-electron chi connectivity index (χ4n) is 2.35. The number of hydrogen-bond acceptors (Lipinski definition) is 6. The number of carbonyl (C=O) groups is 2. The number of nitro groups is 1. The van der Waals surface area contributed by atoms with Crippen LogP contribution in [0, 0.1) is 10.1 Å². The zero-order valence-electron chi connectivity index (χ0n) is 13.5. The summed E-state index contributed by atoms with van der Waals surface area (Å²) in [6, 6.07) is 9.29. The number of amides is 1. The number of carbonyl (C=O) groups excluding carboxylic acids is 1. The second kappa shape index (κ2) is 7.31. The summed E-state index contributed by atoms with van der Waals surface area (Å²) in [5.41, 5.74) is -0.662. The molecule has 0 fully saturated rings. The van der Waals surface area contributed by atoms with Crippen molar-refractivity contribution in [2.24, 2.45) is 0 Å². The van der Waals surface area contributed by atoms with Gasteiger partial charge in [-0.05, 0) is 30.7 Å². The van der Waals surface area contributed by atoms with Crippen molar-refractivity contribution in [2.45, 2.75) is 18.9 Å². The Balaban J connectivity index is 2.33. The highest BCUT2D eigenvalue weighted by molar-refractivity contribution is 7.17. The molecule has 8 nitrogen and oxygen atoms in total. The van der Waals surface area contributed by atoms with E-state index >= 15 is 0 Å². The molecule has 1 amide bonds. The number of methoxy groups -OCH3 is 1. The molecule has 2 aromatic rings. The minimum absolute atomic E-state index is 0.131. The third-order valence-electron chi connectivity index (χ3n) is 3.60. The number of rotatable bonds is 7. The third kappa shape index (κ3) is 4.32. The van der Waals surface area contributed by atoms with E-state index in [0.29, 0.717) is 11.3 Å². The van der Waals surface area contributed by atoms with Crippen LogP contribution in [0.15, 0.2) is 36.4 Å². The molecule has 132 valence electrons. The van der Waals surface area contributed by atoms with E-state index in [2.05, 4.69) is 5.32 Å². The molecule has 0 aliphatic rings. The number of carboxylic acid groups (broad SMARTS) is 1. The van der Waals surface area contributed by atoms with E-state index in [1.54, 1.807) is 31.2 Å². The van der Waals surface area contributed by atoms with Crippen LogP contribution in [0.3, 0.4) is 0 Å². The van der Waals surface area contributed by atoms with Crippen molar-refractivity contribution >= 4 is 28.2 Å². The second-order valence-electron chi connectivity index (χ2n) is 5.48. The van der Waals surface area contributed by atoms with Gasteiger partial charge in [0, 0.05) is 6.07 Å². The molecule has 1 heterocycles. The Morgan fingerprint density at radius 2 is 2.08 bits per heavy atom. The van der Waals surface area contributed by atoms with E-state index in [-0.39, 0.29) is 16.3 Å². The van der Waals surface area contributed by atoms with E-state index in [4.69, 9.17) is 4.74 Å². The molecule has 25 heavy (non-hydrogen) atoms. The Morgan fingerprint density at radius 3 is 2.64 bits per heavy atom. The Labute approximate surface area is 147 Å². The lowest BCUT2D eigenvalue weighted by Crippen LogP contribution is -2.44. The summed E-state index contributed by atoms with van der Waals surface area (Å²) in [6.45, 7) is 1.58. The van der Waals surface area contributed by atoms with Gasteiger partial charge in [0.1, 0.15) is 5.75 Å². The fraction of sp³-hybridized carbons (Fsp3) is 0.250. The zero-order chi connectivity index (χ0) is 18.6. The molecule has 1 aromatic carbocycles. The maximum absolute atomic E-state index is 12.5. The third-order valence-corrected chi connectivity index (χ3v) is 4.63. The minimum atomic E-state index is -1.21. The van der Waals surface area contributed by atoms with Gasteiger partial charge in [0.2, 0.25) is 0 Å². The summed E-state index contributed by atoms with van der Waals surface area (Å²) in [5, 5.41) is 22.5. The maximum atomic E-state index is 12.5. The lowest BCUT2D eigenvalue weighted by Gasteiger charge is -2.30. The van der Waals surface area contributed by atoms with Gasteiger partial charge < -0.3 is 15.2 Å². The molecule has 0 bridgehead atoms. The number of nitrogens with one attached hydrogen (secondary N) is 1. The topological polar surface area (TPSA) is 119 Å². The largest absolute Gasteiger partial charge is 0.497 e. The Bertz CT molecular complexity index is 818. The van der Waals surface area contributed by atoms with Crippen LogP contribution in [0.2, 0.25) is 0 Å². The molecule has 0 saturated carbocycles. The van der Waals surface area contributed by atoms with Crippen molar-refractivity contribution in [1.29, 1.82) is 0 Å². The Kier molecular flexibility index (Phi) is 5.38. The Hall–Kier alpha value is -2.94. The monoisotopic (exact) mass is 364 g/mol. The van der Waals surface area contributed by atoms with Crippen molar-refractivity contribution in [1.82, 2.24) is 5.32 Å². The van der Waals surface area contributed by atoms with E-state index in [9.17, 15) is 24.8 Å². The number of benzene rings is 1. The maximum Gasteiger partial charge on any atom is 0.324 e. The summed E-state index contributed by atoms with van der Waals surface area (Å²) in [5.74, 6) is -1.15. The van der Waals surface area contributed by atoms with Crippen LogP contribution in [-0.4, -0.2) is 29.0 Å². The van der Waals surface area contributed by atoms with E-state index < -0.39 is 22.3 Å². The minimum Gasteiger partial charge on any atom is -0.497 e. The molecule has 2 N–H and O–H groups in total. The van der Waals surface area contributed by atoms with Crippen LogP contribution in [0.25, 0.3) is 0 Å². The lowest BCUT2D eigenvalue weighted by molar-refractivity contribution is -0.380. The van der Waals surface area contributed by atoms with Gasteiger partial charge in [0.25, 0.3) is 5.91 Å². The van der Waals surface area contributed by atoms with E-state index in [0.717, 1.165) is 11.3 Å². The summed E-state index contributed by atoms with van der Waals surface area (Å²) >= 11 is 0.728. The molecule has 0 aliphatic heterocycles. The number of hydrogen-bond donors (Lipinski definition) is 2. The SMILES string of the molecule is COc1cccc(C(C)(CC(=O)O)NC(=O)c2ccc([N+](=O)[O-])s2)c1. The number of ether oxygens (including phenoxy) is 1. The average molecular weight is 364 g/mol. The van der Waals surface area contributed by atoms with Crippen LogP contribution < -0.4 is 10.1 Å². The summed E-state index contributed by atoms with van der Waals surface area (Å²) in [4.78, 5) is 34.0. The van der Waals surface area contributed by atoms with Gasteiger partial charge in [0.05, 0.1) is 28.9 Å². The molecular weight excluding hydrogens is 348 g/mol. The summed E-state index contributed by atoms with van der Waals surface area (Å²) in [7, 11) is 1.48. The first kappa shape index (κ1) is 18.4. The fourth-order valence-corrected chi connectivity index (χ4v) is 3.06.